The molecule has 5 heteroatoms. The first kappa shape index (κ1) is 13.3. The second-order valence-electron chi connectivity index (χ2n) is 5.58. The standard InChI is InChI=1S/C12H23NO3S/c14-17(15,16)7-3-1-2-6-13-12-9-10-4-5-11(12)8-10/h10-13H,1-9H2,(H,14,15,16). The van der Waals surface area contributed by atoms with Crippen LogP contribution in [-0.2, 0) is 10.1 Å². The zero-order valence-electron chi connectivity index (χ0n) is 10.3. The molecule has 0 amide bonds. The minimum absolute atomic E-state index is 0.0961. The third-order valence-corrected chi connectivity index (χ3v) is 5.03. The van der Waals surface area contributed by atoms with Crippen molar-refractivity contribution in [1.29, 1.82) is 0 Å². The zero-order valence-corrected chi connectivity index (χ0v) is 11.1. The molecule has 3 atom stereocenters. The van der Waals surface area contributed by atoms with E-state index in [4.69, 9.17) is 4.55 Å². The molecule has 0 aromatic carbocycles. The summed E-state index contributed by atoms with van der Waals surface area (Å²) in [6, 6.07) is 0.718. The maximum atomic E-state index is 10.5. The van der Waals surface area contributed by atoms with Gasteiger partial charge in [0, 0.05) is 6.04 Å². The van der Waals surface area contributed by atoms with Gasteiger partial charge in [0.1, 0.15) is 0 Å². The van der Waals surface area contributed by atoms with Crippen LogP contribution < -0.4 is 5.32 Å². The Balaban J connectivity index is 1.50. The summed E-state index contributed by atoms with van der Waals surface area (Å²) in [6.45, 7) is 0.985. The van der Waals surface area contributed by atoms with Crippen LogP contribution in [0.15, 0.2) is 0 Å². The molecular weight excluding hydrogens is 238 g/mol. The Morgan fingerprint density at radius 2 is 1.94 bits per heavy atom. The van der Waals surface area contributed by atoms with Gasteiger partial charge in [-0.2, -0.15) is 8.42 Å². The Morgan fingerprint density at radius 3 is 2.53 bits per heavy atom. The lowest BCUT2D eigenvalue weighted by Crippen LogP contribution is -2.34. The van der Waals surface area contributed by atoms with E-state index in [0.717, 1.165) is 37.3 Å². The molecule has 17 heavy (non-hydrogen) atoms. The number of nitrogens with one attached hydrogen (secondary N) is 1. The van der Waals surface area contributed by atoms with Crippen molar-refractivity contribution < 1.29 is 13.0 Å². The van der Waals surface area contributed by atoms with E-state index in [1.165, 1.54) is 25.7 Å². The first-order valence-corrected chi connectivity index (χ1v) is 8.34. The molecule has 2 rings (SSSR count). The fourth-order valence-electron chi connectivity index (χ4n) is 3.37. The van der Waals surface area contributed by atoms with Crippen molar-refractivity contribution in [3.05, 3.63) is 0 Å². The van der Waals surface area contributed by atoms with Crippen LogP contribution >= 0.6 is 0 Å². The van der Waals surface area contributed by atoms with Gasteiger partial charge in [0.2, 0.25) is 0 Å². The molecule has 100 valence electrons. The molecule has 2 saturated carbocycles. The number of rotatable bonds is 7. The lowest BCUT2D eigenvalue weighted by molar-refractivity contribution is 0.349. The predicted octanol–water partition coefficient (Wildman–Crippen LogP) is 1.82. The third kappa shape index (κ3) is 4.23. The Kier molecular flexibility index (Phi) is 4.44. The number of fused-ring (bicyclic) bond motifs is 2. The highest BCUT2D eigenvalue weighted by atomic mass is 32.2. The summed E-state index contributed by atoms with van der Waals surface area (Å²) < 4.78 is 29.6. The van der Waals surface area contributed by atoms with Gasteiger partial charge in [-0.1, -0.05) is 12.8 Å². The molecule has 4 nitrogen and oxygen atoms in total. The highest BCUT2D eigenvalue weighted by molar-refractivity contribution is 7.85. The van der Waals surface area contributed by atoms with Crippen molar-refractivity contribution in [2.45, 2.75) is 51.0 Å². The SMILES string of the molecule is O=S(=O)(O)CCCCCNC1CC2CCC1C2. The molecule has 0 saturated heterocycles. The van der Waals surface area contributed by atoms with Gasteiger partial charge >= 0.3 is 0 Å². The van der Waals surface area contributed by atoms with E-state index in [9.17, 15) is 8.42 Å². The molecular formula is C12H23NO3S. The van der Waals surface area contributed by atoms with Gasteiger partial charge in [0.25, 0.3) is 10.1 Å². The second kappa shape index (κ2) is 5.67. The van der Waals surface area contributed by atoms with Crippen LogP contribution in [0.4, 0.5) is 0 Å². The predicted molar refractivity (Wildman–Crippen MR) is 67.5 cm³/mol. The fourth-order valence-corrected chi connectivity index (χ4v) is 3.94. The Labute approximate surface area is 104 Å². The maximum absolute atomic E-state index is 10.5. The average Bonchev–Trinajstić information content (AvgIpc) is 2.83. The summed E-state index contributed by atoms with van der Waals surface area (Å²) in [6.07, 6.45) is 8.02. The van der Waals surface area contributed by atoms with Crippen LogP contribution in [0.1, 0.15) is 44.9 Å². The van der Waals surface area contributed by atoms with Gasteiger partial charge in [0.05, 0.1) is 5.75 Å². The topological polar surface area (TPSA) is 66.4 Å². The van der Waals surface area contributed by atoms with Gasteiger partial charge < -0.3 is 5.32 Å². The van der Waals surface area contributed by atoms with Crippen LogP contribution in [0.2, 0.25) is 0 Å². The van der Waals surface area contributed by atoms with Crippen LogP contribution in [-0.4, -0.2) is 31.3 Å². The van der Waals surface area contributed by atoms with Gasteiger partial charge in [-0.25, -0.2) is 0 Å². The van der Waals surface area contributed by atoms with E-state index in [0.29, 0.717) is 6.42 Å². The van der Waals surface area contributed by atoms with Crippen molar-refractivity contribution in [3.8, 4) is 0 Å². The van der Waals surface area contributed by atoms with Crippen molar-refractivity contribution in [2.24, 2.45) is 11.8 Å². The molecule has 2 aliphatic carbocycles. The highest BCUT2D eigenvalue weighted by Gasteiger charge is 2.38. The number of hydrogen-bond donors (Lipinski definition) is 2. The second-order valence-corrected chi connectivity index (χ2v) is 7.15. The van der Waals surface area contributed by atoms with Gasteiger partial charge in [0.15, 0.2) is 0 Å². The highest BCUT2D eigenvalue weighted by Crippen LogP contribution is 2.44. The zero-order chi connectivity index (χ0) is 12.3. The lowest BCUT2D eigenvalue weighted by atomic mass is 9.95. The lowest BCUT2D eigenvalue weighted by Gasteiger charge is -2.22. The molecule has 0 aliphatic heterocycles. The molecule has 0 aromatic rings. The van der Waals surface area contributed by atoms with E-state index >= 15 is 0 Å². The van der Waals surface area contributed by atoms with Crippen LogP contribution in [0, 0.1) is 11.8 Å². The molecule has 3 unspecified atom stereocenters. The smallest absolute Gasteiger partial charge is 0.264 e. The van der Waals surface area contributed by atoms with Gasteiger partial charge in [-0.05, 0) is 50.5 Å². The molecule has 0 heterocycles. The van der Waals surface area contributed by atoms with Crippen LogP contribution in [0.5, 0.6) is 0 Å². The van der Waals surface area contributed by atoms with Crippen molar-refractivity contribution in [1.82, 2.24) is 5.32 Å². The summed E-state index contributed by atoms with van der Waals surface area (Å²) in [5.41, 5.74) is 0. The van der Waals surface area contributed by atoms with E-state index < -0.39 is 10.1 Å². The van der Waals surface area contributed by atoms with Crippen LogP contribution in [0.25, 0.3) is 0 Å². The molecule has 2 N–H and O–H groups in total. The molecule has 0 spiro atoms. The first-order chi connectivity index (χ1) is 8.04. The van der Waals surface area contributed by atoms with Crippen molar-refractivity contribution in [3.63, 3.8) is 0 Å². The number of unbranched alkanes of at least 4 members (excludes halogenated alkanes) is 2. The molecule has 2 fully saturated rings. The van der Waals surface area contributed by atoms with E-state index in [-0.39, 0.29) is 5.75 Å². The minimum Gasteiger partial charge on any atom is -0.314 e. The molecule has 2 bridgehead atoms. The third-order valence-electron chi connectivity index (χ3n) is 4.22. The fraction of sp³-hybridized carbons (Fsp3) is 1.00. The summed E-state index contributed by atoms with van der Waals surface area (Å²) in [4.78, 5) is 0. The largest absolute Gasteiger partial charge is 0.314 e. The molecule has 0 aromatic heterocycles. The Morgan fingerprint density at radius 1 is 1.12 bits per heavy atom. The summed E-state index contributed by atoms with van der Waals surface area (Å²) in [7, 11) is -3.75. The monoisotopic (exact) mass is 261 g/mol. The number of hydrogen-bond acceptors (Lipinski definition) is 3. The van der Waals surface area contributed by atoms with Crippen LogP contribution in [0.3, 0.4) is 0 Å². The summed E-state index contributed by atoms with van der Waals surface area (Å²) in [5, 5.41) is 3.60. The normalized spacial score (nSPS) is 32.2. The summed E-state index contributed by atoms with van der Waals surface area (Å²) in [5.74, 6) is 1.77. The van der Waals surface area contributed by atoms with Crippen molar-refractivity contribution in [2.75, 3.05) is 12.3 Å². The van der Waals surface area contributed by atoms with E-state index in [2.05, 4.69) is 5.32 Å². The Hall–Kier alpha value is -0.130. The van der Waals surface area contributed by atoms with Gasteiger partial charge in [-0.3, -0.25) is 4.55 Å². The minimum atomic E-state index is -3.75. The van der Waals surface area contributed by atoms with E-state index in [1.807, 2.05) is 0 Å². The quantitative estimate of drug-likeness (QED) is 0.542. The van der Waals surface area contributed by atoms with Crippen molar-refractivity contribution >= 4 is 10.1 Å². The summed E-state index contributed by atoms with van der Waals surface area (Å²) >= 11 is 0. The first-order valence-electron chi connectivity index (χ1n) is 6.73. The molecule has 0 radical (unpaired) electrons. The average molecular weight is 261 g/mol. The maximum Gasteiger partial charge on any atom is 0.264 e. The van der Waals surface area contributed by atoms with E-state index in [1.54, 1.807) is 0 Å². The van der Waals surface area contributed by atoms with Gasteiger partial charge in [-0.15, -0.1) is 0 Å². The Bertz CT molecular complexity index is 342. The molecule has 2 aliphatic rings.